The highest BCUT2D eigenvalue weighted by Crippen LogP contribution is 2.21. The molecule has 0 amide bonds. The van der Waals surface area contributed by atoms with Gasteiger partial charge in [0.05, 0.1) is 0 Å². The van der Waals surface area contributed by atoms with E-state index in [1.165, 1.54) is 12.3 Å². The summed E-state index contributed by atoms with van der Waals surface area (Å²) < 4.78 is 28.6. The third kappa shape index (κ3) is 2.10. The Morgan fingerprint density at radius 1 is 1.33 bits per heavy atom. The number of hydrogen-bond acceptors (Lipinski definition) is 4. The number of hydrogen-bond donors (Lipinski definition) is 0. The quantitative estimate of drug-likeness (QED) is 0.746. The summed E-state index contributed by atoms with van der Waals surface area (Å²) in [5.41, 5.74) is 0.468. The van der Waals surface area contributed by atoms with Gasteiger partial charge in [-0.15, -0.1) is 0 Å². The molecule has 0 radical (unpaired) electrons. The van der Waals surface area contributed by atoms with Crippen molar-refractivity contribution in [1.29, 1.82) is 0 Å². The number of rotatable bonds is 2. The zero-order valence-corrected chi connectivity index (χ0v) is 7.95. The number of nitrogens with zero attached hydrogens (tertiary/aromatic N) is 3. The molecule has 0 saturated carbocycles. The number of aromatic nitrogens is 3. The van der Waals surface area contributed by atoms with Gasteiger partial charge in [-0.2, -0.15) is 13.8 Å². The third-order valence-electron chi connectivity index (χ3n) is 1.61. The molecule has 2 aromatic heterocycles. The molecule has 0 unspecified atom stereocenters. The Morgan fingerprint density at radius 2 is 2.13 bits per heavy atom. The van der Waals surface area contributed by atoms with Gasteiger partial charge in [0, 0.05) is 11.8 Å². The van der Waals surface area contributed by atoms with Gasteiger partial charge in [0.2, 0.25) is 5.82 Å². The fraction of sp³-hybridized carbons (Fsp3) is 0.125. The smallest absolute Gasteiger partial charge is 0.315 e. The molecular formula is C8H4ClF2N3O. The van der Waals surface area contributed by atoms with Crippen LogP contribution < -0.4 is 0 Å². The highest BCUT2D eigenvalue weighted by atomic mass is 35.5. The van der Waals surface area contributed by atoms with E-state index in [4.69, 9.17) is 11.6 Å². The molecule has 4 nitrogen and oxygen atoms in total. The van der Waals surface area contributed by atoms with Crippen LogP contribution in [0.5, 0.6) is 0 Å². The number of halogens is 3. The first kappa shape index (κ1) is 9.97. The lowest BCUT2D eigenvalue weighted by Crippen LogP contribution is -1.85. The summed E-state index contributed by atoms with van der Waals surface area (Å²) in [7, 11) is 0. The van der Waals surface area contributed by atoms with E-state index in [0.717, 1.165) is 0 Å². The van der Waals surface area contributed by atoms with Crippen molar-refractivity contribution < 1.29 is 13.3 Å². The molecule has 0 spiro atoms. The fourth-order valence-corrected chi connectivity index (χ4v) is 1.06. The molecule has 0 atom stereocenters. The van der Waals surface area contributed by atoms with E-state index in [2.05, 4.69) is 19.6 Å². The Kier molecular flexibility index (Phi) is 2.59. The summed E-state index contributed by atoms with van der Waals surface area (Å²) in [5, 5.41) is 3.69. The second-order valence-electron chi connectivity index (χ2n) is 2.63. The van der Waals surface area contributed by atoms with Crippen LogP contribution in [0.4, 0.5) is 8.78 Å². The molecule has 15 heavy (non-hydrogen) atoms. The maximum Gasteiger partial charge on any atom is 0.315 e. The van der Waals surface area contributed by atoms with E-state index in [9.17, 15) is 8.78 Å². The maximum atomic E-state index is 12.1. The van der Waals surface area contributed by atoms with E-state index < -0.39 is 12.3 Å². The first-order valence-corrected chi connectivity index (χ1v) is 4.28. The lowest BCUT2D eigenvalue weighted by molar-refractivity contribution is 0.106. The zero-order chi connectivity index (χ0) is 10.8. The molecule has 0 bridgehead atoms. The number of pyridine rings is 1. The monoisotopic (exact) mass is 231 g/mol. The van der Waals surface area contributed by atoms with Gasteiger partial charge in [-0.1, -0.05) is 16.8 Å². The Hall–Kier alpha value is -1.56. The van der Waals surface area contributed by atoms with E-state index >= 15 is 0 Å². The van der Waals surface area contributed by atoms with Gasteiger partial charge in [-0.25, -0.2) is 4.98 Å². The van der Waals surface area contributed by atoms with Crippen LogP contribution in [0.3, 0.4) is 0 Å². The fourth-order valence-electron chi connectivity index (χ4n) is 0.949. The normalized spacial score (nSPS) is 10.9. The van der Waals surface area contributed by atoms with Crippen molar-refractivity contribution in [2.75, 3.05) is 0 Å². The van der Waals surface area contributed by atoms with Crippen LogP contribution in [0.2, 0.25) is 5.15 Å². The predicted octanol–water partition coefficient (Wildman–Crippen LogP) is 2.72. The standard InChI is InChI=1S/C8H4ClF2N3O/c9-5-2-1-4(3-12-5)7-13-8(6(10)11)15-14-7/h1-3,6H. The molecular weight excluding hydrogens is 228 g/mol. The predicted molar refractivity (Wildman–Crippen MR) is 47.5 cm³/mol. The average molecular weight is 232 g/mol. The van der Waals surface area contributed by atoms with Crippen LogP contribution in [0.1, 0.15) is 12.3 Å². The van der Waals surface area contributed by atoms with Gasteiger partial charge in [0.15, 0.2) is 0 Å². The molecule has 2 heterocycles. The van der Waals surface area contributed by atoms with Gasteiger partial charge < -0.3 is 4.52 Å². The minimum Gasteiger partial charge on any atom is -0.333 e. The van der Waals surface area contributed by atoms with Crippen molar-refractivity contribution in [2.24, 2.45) is 0 Å². The SMILES string of the molecule is FC(F)c1nc(-c2ccc(Cl)nc2)no1. The molecule has 0 saturated heterocycles. The molecule has 0 aliphatic rings. The highest BCUT2D eigenvalue weighted by molar-refractivity contribution is 6.29. The Bertz CT molecular complexity index is 457. The molecule has 0 aliphatic heterocycles. The zero-order valence-electron chi connectivity index (χ0n) is 7.19. The molecule has 78 valence electrons. The first-order valence-electron chi connectivity index (χ1n) is 3.90. The van der Waals surface area contributed by atoms with Gasteiger partial charge in [0.1, 0.15) is 5.15 Å². The second kappa shape index (κ2) is 3.90. The van der Waals surface area contributed by atoms with E-state index in [-0.39, 0.29) is 5.82 Å². The molecule has 0 N–H and O–H groups in total. The van der Waals surface area contributed by atoms with Crippen molar-refractivity contribution in [2.45, 2.75) is 6.43 Å². The second-order valence-corrected chi connectivity index (χ2v) is 3.01. The lowest BCUT2D eigenvalue weighted by Gasteiger charge is -1.92. The van der Waals surface area contributed by atoms with Crippen molar-refractivity contribution in [3.63, 3.8) is 0 Å². The van der Waals surface area contributed by atoms with Crippen LogP contribution >= 0.6 is 11.6 Å². The van der Waals surface area contributed by atoms with Gasteiger partial charge in [-0.3, -0.25) is 0 Å². The summed E-state index contributed by atoms with van der Waals surface area (Å²) in [4.78, 5) is 7.26. The van der Waals surface area contributed by atoms with Crippen LogP contribution in [0.15, 0.2) is 22.9 Å². The summed E-state index contributed by atoms with van der Waals surface area (Å²) in [6.07, 6.45) is -1.39. The number of alkyl halides is 2. The Labute approximate surface area is 87.9 Å². The largest absolute Gasteiger partial charge is 0.333 e. The minimum atomic E-state index is -2.77. The van der Waals surface area contributed by atoms with Crippen LogP contribution in [0.25, 0.3) is 11.4 Å². The van der Waals surface area contributed by atoms with Crippen molar-refractivity contribution in [1.82, 2.24) is 15.1 Å². The molecule has 2 rings (SSSR count). The van der Waals surface area contributed by atoms with Crippen molar-refractivity contribution >= 4 is 11.6 Å². The lowest BCUT2D eigenvalue weighted by atomic mass is 10.3. The molecule has 2 aromatic rings. The first-order chi connectivity index (χ1) is 7.16. The summed E-state index contributed by atoms with van der Waals surface area (Å²) in [5.74, 6) is -0.644. The summed E-state index contributed by atoms with van der Waals surface area (Å²) >= 11 is 5.56. The van der Waals surface area contributed by atoms with E-state index in [0.29, 0.717) is 10.7 Å². The van der Waals surface area contributed by atoms with Crippen molar-refractivity contribution in [3.05, 3.63) is 29.4 Å². The maximum absolute atomic E-state index is 12.1. The van der Waals surface area contributed by atoms with Crippen LogP contribution in [-0.4, -0.2) is 15.1 Å². The Morgan fingerprint density at radius 3 is 2.67 bits per heavy atom. The van der Waals surface area contributed by atoms with E-state index in [1.807, 2.05) is 0 Å². The van der Waals surface area contributed by atoms with Crippen molar-refractivity contribution in [3.8, 4) is 11.4 Å². The molecule has 0 aliphatic carbocycles. The highest BCUT2D eigenvalue weighted by Gasteiger charge is 2.17. The summed E-state index contributed by atoms with van der Waals surface area (Å²) in [6.45, 7) is 0. The van der Waals surface area contributed by atoms with E-state index in [1.54, 1.807) is 6.07 Å². The van der Waals surface area contributed by atoms with Gasteiger partial charge in [-0.05, 0) is 12.1 Å². The molecule has 0 aromatic carbocycles. The summed E-state index contributed by atoms with van der Waals surface area (Å²) in [6, 6.07) is 3.07. The third-order valence-corrected chi connectivity index (χ3v) is 1.84. The van der Waals surface area contributed by atoms with Crippen LogP contribution in [0, 0.1) is 0 Å². The molecule has 0 fully saturated rings. The van der Waals surface area contributed by atoms with Gasteiger partial charge >= 0.3 is 6.43 Å². The van der Waals surface area contributed by atoms with Crippen LogP contribution in [-0.2, 0) is 0 Å². The Balaban J connectivity index is 2.33. The minimum absolute atomic E-state index is 0.0643. The average Bonchev–Trinajstić information content (AvgIpc) is 2.68. The van der Waals surface area contributed by atoms with Gasteiger partial charge in [0.25, 0.3) is 5.89 Å². The molecule has 7 heteroatoms. The topological polar surface area (TPSA) is 51.8 Å².